The number of benzene rings is 1. The summed E-state index contributed by atoms with van der Waals surface area (Å²) in [5.41, 5.74) is 3.10. The predicted molar refractivity (Wildman–Crippen MR) is 113 cm³/mol. The van der Waals surface area contributed by atoms with Crippen molar-refractivity contribution in [1.82, 2.24) is 19.7 Å². The van der Waals surface area contributed by atoms with Crippen molar-refractivity contribution in [3.63, 3.8) is 0 Å². The molecule has 0 aliphatic heterocycles. The summed E-state index contributed by atoms with van der Waals surface area (Å²) >= 11 is 0. The van der Waals surface area contributed by atoms with Gasteiger partial charge in [-0.2, -0.15) is 5.10 Å². The number of fused-ring (bicyclic) bond motifs is 1. The lowest BCUT2D eigenvalue weighted by Gasteiger charge is -2.22. The third-order valence-corrected chi connectivity index (χ3v) is 5.63. The van der Waals surface area contributed by atoms with Crippen LogP contribution in [0.1, 0.15) is 35.1 Å². The number of aromatic nitrogens is 3. The van der Waals surface area contributed by atoms with Crippen LogP contribution in [0.2, 0.25) is 0 Å². The lowest BCUT2D eigenvalue weighted by atomic mass is 10.1. The van der Waals surface area contributed by atoms with Crippen LogP contribution in [0.3, 0.4) is 0 Å². The van der Waals surface area contributed by atoms with Gasteiger partial charge in [-0.25, -0.2) is 0 Å². The maximum Gasteiger partial charge on any atom is 0.309 e. The zero-order valence-electron chi connectivity index (χ0n) is 17.5. The van der Waals surface area contributed by atoms with Crippen molar-refractivity contribution in [2.45, 2.75) is 26.8 Å². The quantitative estimate of drug-likeness (QED) is 0.564. The fourth-order valence-corrected chi connectivity index (χ4v) is 3.84. The maximum absolute atomic E-state index is 13.6. The number of hydrogen-bond acceptors (Lipinski definition) is 5. The highest BCUT2D eigenvalue weighted by Crippen LogP contribution is 2.40. The van der Waals surface area contributed by atoms with Gasteiger partial charge in [-0.3, -0.25) is 19.3 Å². The third-order valence-electron chi connectivity index (χ3n) is 5.63. The molecule has 0 saturated heterocycles. The van der Waals surface area contributed by atoms with Crippen molar-refractivity contribution in [3.8, 4) is 0 Å². The van der Waals surface area contributed by atoms with E-state index in [-0.39, 0.29) is 23.7 Å². The number of ether oxygens (including phenoxy) is 1. The van der Waals surface area contributed by atoms with Crippen LogP contribution >= 0.6 is 0 Å². The highest BCUT2D eigenvalue weighted by Gasteiger charge is 2.45. The summed E-state index contributed by atoms with van der Waals surface area (Å²) in [6.07, 6.45) is 2.45. The molecule has 2 heterocycles. The van der Waals surface area contributed by atoms with E-state index < -0.39 is 0 Å². The molecule has 1 saturated carbocycles. The first-order chi connectivity index (χ1) is 14.5. The molecule has 0 bridgehead atoms. The number of nitrogens with zero attached hydrogens (tertiary/aromatic N) is 4. The number of aryl methyl sites for hydroxylation is 2. The first-order valence-corrected chi connectivity index (χ1v) is 10.3. The number of amides is 1. The zero-order valence-corrected chi connectivity index (χ0v) is 17.5. The summed E-state index contributed by atoms with van der Waals surface area (Å²) in [5, 5.41) is 5.44. The topological polar surface area (TPSA) is 77.3 Å². The first kappa shape index (κ1) is 20.1. The lowest BCUT2D eigenvalue weighted by molar-refractivity contribution is -0.145. The van der Waals surface area contributed by atoms with Gasteiger partial charge in [0.25, 0.3) is 5.91 Å². The van der Waals surface area contributed by atoms with Gasteiger partial charge in [-0.05, 0) is 44.4 Å². The fourth-order valence-electron chi connectivity index (χ4n) is 3.84. The Kier molecular flexibility index (Phi) is 5.53. The van der Waals surface area contributed by atoms with Crippen molar-refractivity contribution in [1.29, 1.82) is 0 Å². The Bertz CT molecular complexity index is 1070. The Balaban J connectivity index is 1.61. The number of carbonyl (C=O) groups is 2. The van der Waals surface area contributed by atoms with Crippen LogP contribution in [-0.2, 0) is 23.1 Å². The highest BCUT2D eigenvalue weighted by atomic mass is 16.5. The molecule has 7 heteroatoms. The molecule has 7 nitrogen and oxygen atoms in total. The van der Waals surface area contributed by atoms with Gasteiger partial charge in [0.2, 0.25) is 0 Å². The molecule has 1 aromatic carbocycles. The molecule has 1 fully saturated rings. The van der Waals surface area contributed by atoms with Gasteiger partial charge >= 0.3 is 5.97 Å². The summed E-state index contributed by atoms with van der Waals surface area (Å²) in [7, 11) is 1.89. The molecule has 0 radical (unpaired) electrons. The Morgan fingerprint density at radius 1 is 1.27 bits per heavy atom. The van der Waals surface area contributed by atoms with Crippen molar-refractivity contribution in [3.05, 3.63) is 59.5 Å². The summed E-state index contributed by atoms with van der Waals surface area (Å²) in [4.78, 5) is 31.8. The third kappa shape index (κ3) is 4.06. The molecule has 2 atom stereocenters. The van der Waals surface area contributed by atoms with Gasteiger partial charge in [-0.15, -0.1) is 0 Å². The van der Waals surface area contributed by atoms with E-state index in [1.165, 1.54) is 0 Å². The number of para-hydroxylation sites is 1. The van der Waals surface area contributed by atoms with Crippen LogP contribution in [0.5, 0.6) is 0 Å². The van der Waals surface area contributed by atoms with Gasteiger partial charge in [-0.1, -0.05) is 18.2 Å². The van der Waals surface area contributed by atoms with Gasteiger partial charge in [0.15, 0.2) is 0 Å². The SMILES string of the molecule is CCOC(=O)[C@H]1C[C@@H]1CN(Cc1cc(C)n(C)n1)C(=O)c1cccc2cccnc12. The Morgan fingerprint density at radius 2 is 2.07 bits per heavy atom. The molecular weight excluding hydrogens is 380 g/mol. The molecule has 0 N–H and O–H groups in total. The van der Waals surface area contributed by atoms with E-state index in [4.69, 9.17) is 4.74 Å². The fraction of sp³-hybridized carbons (Fsp3) is 0.391. The summed E-state index contributed by atoms with van der Waals surface area (Å²) in [6, 6.07) is 11.4. The predicted octanol–water partition coefficient (Wildman–Crippen LogP) is 3.12. The van der Waals surface area contributed by atoms with E-state index in [1.807, 2.05) is 57.3 Å². The summed E-state index contributed by atoms with van der Waals surface area (Å²) in [6.45, 7) is 5.04. The molecule has 1 aliphatic carbocycles. The number of hydrogen-bond donors (Lipinski definition) is 0. The molecule has 1 amide bonds. The van der Waals surface area contributed by atoms with Gasteiger partial charge in [0.1, 0.15) is 0 Å². The monoisotopic (exact) mass is 406 g/mol. The number of esters is 1. The highest BCUT2D eigenvalue weighted by molar-refractivity contribution is 6.05. The van der Waals surface area contributed by atoms with Crippen LogP contribution < -0.4 is 0 Å². The van der Waals surface area contributed by atoms with E-state index in [0.29, 0.717) is 30.8 Å². The minimum absolute atomic E-state index is 0.0999. The van der Waals surface area contributed by atoms with E-state index in [0.717, 1.165) is 23.2 Å². The van der Waals surface area contributed by atoms with Crippen molar-refractivity contribution < 1.29 is 14.3 Å². The summed E-state index contributed by atoms with van der Waals surface area (Å²) < 4.78 is 6.95. The lowest BCUT2D eigenvalue weighted by Crippen LogP contribution is -2.33. The maximum atomic E-state index is 13.6. The Morgan fingerprint density at radius 3 is 2.80 bits per heavy atom. The van der Waals surface area contributed by atoms with Crippen LogP contribution in [0.25, 0.3) is 10.9 Å². The average molecular weight is 406 g/mol. The van der Waals surface area contributed by atoms with Gasteiger partial charge < -0.3 is 9.64 Å². The second kappa shape index (κ2) is 8.26. The second-order valence-corrected chi connectivity index (χ2v) is 7.82. The van der Waals surface area contributed by atoms with E-state index >= 15 is 0 Å². The largest absolute Gasteiger partial charge is 0.466 e. The van der Waals surface area contributed by atoms with Crippen molar-refractivity contribution in [2.24, 2.45) is 18.9 Å². The molecule has 3 aromatic rings. The number of pyridine rings is 1. The van der Waals surface area contributed by atoms with E-state index in [2.05, 4.69) is 10.1 Å². The number of carbonyl (C=O) groups excluding carboxylic acids is 2. The van der Waals surface area contributed by atoms with Crippen LogP contribution in [-0.4, -0.2) is 44.7 Å². The smallest absolute Gasteiger partial charge is 0.309 e. The van der Waals surface area contributed by atoms with Crippen LogP contribution in [0.4, 0.5) is 0 Å². The van der Waals surface area contributed by atoms with Gasteiger partial charge in [0.05, 0.1) is 35.8 Å². The molecule has 1 aliphatic rings. The molecule has 30 heavy (non-hydrogen) atoms. The number of rotatable bonds is 7. The zero-order chi connectivity index (χ0) is 21.3. The Labute approximate surface area is 175 Å². The molecule has 2 aromatic heterocycles. The van der Waals surface area contributed by atoms with Gasteiger partial charge in [0, 0.05) is 30.9 Å². The van der Waals surface area contributed by atoms with Crippen LogP contribution in [0, 0.1) is 18.8 Å². The summed E-state index contributed by atoms with van der Waals surface area (Å²) in [5.74, 6) is -0.287. The first-order valence-electron chi connectivity index (χ1n) is 10.3. The van der Waals surface area contributed by atoms with E-state index in [9.17, 15) is 9.59 Å². The molecule has 156 valence electrons. The minimum atomic E-state index is -0.171. The Hall–Kier alpha value is -3.22. The normalized spacial score (nSPS) is 17.7. The molecule has 0 spiro atoms. The van der Waals surface area contributed by atoms with E-state index in [1.54, 1.807) is 15.8 Å². The second-order valence-electron chi connectivity index (χ2n) is 7.82. The molecule has 0 unspecified atom stereocenters. The van der Waals surface area contributed by atoms with Crippen molar-refractivity contribution in [2.75, 3.05) is 13.2 Å². The van der Waals surface area contributed by atoms with Crippen LogP contribution in [0.15, 0.2) is 42.6 Å². The van der Waals surface area contributed by atoms with Crippen molar-refractivity contribution >= 4 is 22.8 Å². The average Bonchev–Trinajstić information content (AvgIpc) is 3.44. The molecular formula is C23H26N4O3. The molecule has 4 rings (SSSR count). The standard InChI is InChI=1S/C23H26N4O3/c1-4-30-23(29)20-12-17(20)13-27(14-18-11-15(2)26(3)25-18)22(28)19-9-5-7-16-8-6-10-24-21(16)19/h5-11,17,20H,4,12-14H2,1-3H3/t17-,20+/m1/s1. The minimum Gasteiger partial charge on any atom is -0.466 e.